The number of nitrogens with zero attached hydrogens (tertiary/aromatic N) is 6. The SMILES string of the molecule is CC1(C)c2ccccc2-c2ccc3c(c21)c1ncncc1n3-c1c2ccccc2c(-n2c3cncnc3c3c4c(ccc32)-c2ccccc2C4(C)C)c2ccccc12. The summed E-state index contributed by atoms with van der Waals surface area (Å²) in [6.45, 7) is 9.41. The normalized spacial score (nSPS) is 14.8. The van der Waals surface area contributed by atoms with Gasteiger partial charge < -0.3 is 9.13 Å². The lowest BCUT2D eigenvalue weighted by atomic mass is 9.81. The summed E-state index contributed by atoms with van der Waals surface area (Å²) < 4.78 is 4.86. The molecule has 0 saturated carbocycles. The average Bonchev–Trinajstić information content (AvgIpc) is 3.91. The predicted octanol–water partition coefficient (Wildman–Crippen LogP) is 12.4. The zero-order chi connectivity index (χ0) is 38.7. The molecule has 0 atom stereocenters. The van der Waals surface area contributed by atoms with Crippen LogP contribution in [0, 0.1) is 0 Å². The van der Waals surface area contributed by atoms with E-state index >= 15 is 0 Å². The van der Waals surface area contributed by atoms with Crippen LogP contribution in [0.15, 0.2) is 146 Å². The Bertz CT molecular complexity index is 3340. The molecule has 0 fully saturated rings. The lowest BCUT2D eigenvalue weighted by molar-refractivity contribution is 0.666. The molecule has 0 aliphatic heterocycles. The molecule has 274 valence electrons. The Morgan fingerprint density at radius 3 is 1.19 bits per heavy atom. The summed E-state index contributed by atoms with van der Waals surface area (Å²) in [5, 5.41) is 6.94. The van der Waals surface area contributed by atoms with Gasteiger partial charge in [-0.3, -0.25) is 0 Å². The van der Waals surface area contributed by atoms with Gasteiger partial charge in [0, 0.05) is 43.1 Å². The Hall–Kier alpha value is -7.18. The minimum atomic E-state index is -0.210. The molecule has 0 amide bonds. The first kappa shape index (κ1) is 32.0. The number of benzene rings is 7. The highest BCUT2D eigenvalue weighted by Gasteiger charge is 2.40. The number of aromatic nitrogens is 6. The minimum Gasteiger partial charge on any atom is -0.305 e. The quantitative estimate of drug-likeness (QED) is 0.165. The molecule has 13 rings (SSSR count). The van der Waals surface area contributed by atoms with Gasteiger partial charge in [-0.15, -0.1) is 0 Å². The Morgan fingerprint density at radius 1 is 0.397 bits per heavy atom. The van der Waals surface area contributed by atoms with Crippen molar-refractivity contribution in [2.24, 2.45) is 0 Å². The second-order valence-electron chi connectivity index (χ2n) is 17.1. The smallest absolute Gasteiger partial charge is 0.116 e. The van der Waals surface area contributed by atoms with Gasteiger partial charge >= 0.3 is 0 Å². The maximum atomic E-state index is 5.05. The monoisotopic (exact) mass is 744 g/mol. The third-order valence-electron chi connectivity index (χ3n) is 13.5. The lowest BCUT2D eigenvalue weighted by Crippen LogP contribution is -2.15. The van der Waals surface area contributed by atoms with Crippen molar-refractivity contribution >= 4 is 65.4 Å². The maximum absolute atomic E-state index is 5.05. The van der Waals surface area contributed by atoms with Crippen molar-refractivity contribution in [2.75, 3.05) is 0 Å². The Morgan fingerprint density at radius 2 is 0.776 bits per heavy atom. The van der Waals surface area contributed by atoms with E-state index in [0.29, 0.717) is 0 Å². The van der Waals surface area contributed by atoms with E-state index in [4.69, 9.17) is 9.97 Å². The van der Waals surface area contributed by atoms with Crippen LogP contribution in [-0.4, -0.2) is 29.1 Å². The van der Waals surface area contributed by atoms with Crippen LogP contribution in [0.25, 0.3) is 99.0 Å². The molecule has 58 heavy (non-hydrogen) atoms. The van der Waals surface area contributed by atoms with Gasteiger partial charge in [0.25, 0.3) is 0 Å². The highest BCUT2D eigenvalue weighted by atomic mass is 15.0. The van der Waals surface area contributed by atoms with Crippen molar-refractivity contribution in [1.29, 1.82) is 0 Å². The van der Waals surface area contributed by atoms with Crippen molar-refractivity contribution in [3.8, 4) is 33.6 Å². The Balaban J connectivity index is 1.18. The maximum Gasteiger partial charge on any atom is 0.116 e. The number of hydrogen-bond acceptors (Lipinski definition) is 4. The first-order chi connectivity index (χ1) is 28.4. The zero-order valence-electron chi connectivity index (χ0n) is 32.5. The van der Waals surface area contributed by atoms with Crippen LogP contribution in [0.4, 0.5) is 0 Å². The molecule has 11 aromatic rings. The van der Waals surface area contributed by atoms with Crippen LogP contribution in [0.5, 0.6) is 0 Å². The van der Waals surface area contributed by atoms with E-state index < -0.39 is 0 Å². The molecule has 0 spiro atoms. The van der Waals surface area contributed by atoms with Gasteiger partial charge in [0.15, 0.2) is 0 Å². The van der Waals surface area contributed by atoms with Crippen LogP contribution in [0.1, 0.15) is 49.9 Å². The average molecular weight is 745 g/mol. The Labute approximate surface area is 334 Å². The van der Waals surface area contributed by atoms with Crippen molar-refractivity contribution in [3.05, 3.63) is 169 Å². The summed E-state index contributed by atoms with van der Waals surface area (Å²) in [6.07, 6.45) is 7.37. The van der Waals surface area contributed by atoms with Crippen molar-refractivity contribution in [3.63, 3.8) is 0 Å². The van der Waals surface area contributed by atoms with E-state index in [1.165, 1.54) is 55.3 Å². The topological polar surface area (TPSA) is 61.4 Å². The van der Waals surface area contributed by atoms with E-state index in [2.05, 4.69) is 168 Å². The Kier molecular flexibility index (Phi) is 5.96. The molecular weight excluding hydrogens is 709 g/mol. The lowest BCUT2D eigenvalue weighted by Gasteiger charge is -2.23. The zero-order valence-corrected chi connectivity index (χ0v) is 32.5. The molecule has 0 radical (unpaired) electrons. The molecule has 4 aromatic heterocycles. The van der Waals surface area contributed by atoms with E-state index in [9.17, 15) is 0 Å². The largest absolute Gasteiger partial charge is 0.305 e. The van der Waals surface area contributed by atoms with Crippen molar-refractivity contribution < 1.29 is 0 Å². The first-order valence-corrected chi connectivity index (χ1v) is 20.0. The van der Waals surface area contributed by atoms with Crippen LogP contribution >= 0.6 is 0 Å². The molecule has 0 bridgehead atoms. The molecule has 0 unspecified atom stereocenters. The van der Waals surface area contributed by atoms with Crippen molar-refractivity contribution in [2.45, 2.75) is 38.5 Å². The molecule has 6 nitrogen and oxygen atoms in total. The van der Waals surface area contributed by atoms with Crippen LogP contribution in [0.3, 0.4) is 0 Å². The molecule has 2 aliphatic carbocycles. The summed E-state index contributed by atoms with van der Waals surface area (Å²) in [6, 6.07) is 44.7. The van der Waals surface area contributed by atoms with Gasteiger partial charge in [0.1, 0.15) is 23.7 Å². The molecule has 4 heterocycles. The number of hydrogen-bond donors (Lipinski definition) is 0. The van der Waals surface area contributed by atoms with Crippen LogP contribution < -0.4 is 0 Å². The van der Waals surface area contributed by atoms with E-state index in [1.807, 2.05) is 12.4 Å². The van der Waals surface area contributed by atoms with E-state index in [0.717, 1.165) is 66.0 Å². The van der Waals surface area contributed by atoms with Crippen LogP contribution in [-0.2, 0) is 10.8 Å². The summed E-state index contributed by atoms with van der Waals surface area (Å²) >= 11 is 0. The van der Waals surface area contributed by atoms with E-state index in [1.54, 1.807) is 12.7 Å². The molecule has 2 aliphatic rings. The van der Waals surface area contributed by atoms with E-state index in [-0.39, 0.29) is 10.8 Å². The van der Waals surface area contributed by atoms with Gasteiger partial charge in [-0.25, -0.2) is 19.9 Å². The summed E-state index contributed by atoms with van der Waals surface area (Å²) in [5.41, 5.74) is 18.5. The molecule has 6 heteroatoms. The molecule has 0 saturated heterocycles. The predicted molar refractivity (Wildman–Crippen MR) is 236 cm³/mol. The summed E-state index contributed by atoms with van der Waals surface area (Å²) in [5.74, 6) is 0. The second kappa shape index (κ2) is 10.8. The third-order valence-corrected chi connectivity index (χ3v) is 13.5. The van der Waals surface area contributed by atoms with Gasteiger partial charge in [-0.2, -0.15) is 0 Å². The number of fused-ring (bicyclic) bond motifs is 16. The fourth-order valence-corrected chi connectivity index (χ4v) is 11.2. The second-order valence-corrected chi connectivity index (χ2v) is 17.1. The standard InChI is InChI=1S/C52H36N6/c1-51(2)37-19-11-9-13-29(37)31-21-23-39-43(45(31)51)47-41(25-53-27-55-47)57(39)49-33-15-5-7-17-35(33)50(36-18-8-6-16-34(36)49)58-40-24-22-32-30-14-10-12-20-38(30)52(3,4)46(32)44(40)48-42(58)26-54-28-56-48/h5-28H,1-4H3. The molecule has 0 N–H and O–H groups in total. The molecular formula is C52H36N6. The van der Waals surface area contributed by atoms with Crippen LogP contribution in [0.2, 0.25) is 0 Å². The highest BCUT2D eigenvalue weighted by molar-refractivity contribution is 6.21. The van der Waals surface area contributed by atoms with Gasteiger partial charge in [0.05, 0.1) is 45.8 Å². The summed E-state index contributed by atoms with van der Waals surface area (Å²) in [7, 11) is 0. The first-order valence-electron chi connectivity index (χ1n) is 20.0. The third kappa shape index (κ3) is 3.74. The highest BCUT2D eigenvalue weighted by Crippen LogP contribution is 2.55. The molecule has 7 aromatic carbocycles. The summed E-state index contributed by atoms with van der Waals surface area (Å²) in [4.78, 5) is 19.4. The fraction of sp³-hybridized carbons (Fsp3) is 0.115. The number of rotatable bonds is 2. The van der Waals surface area contributed by atoms with Crippen molar-refractivity contribution in [1.82, 2.24) is 29.1 Å². The van der Waals surface area contributed by atoms with Gasteiger partial charge in [-0.05, 0) is 56.6 Å². The fourth-order valence-electron chi connectivity index (χ4n) is 11.2. The van der Waals surface area contributed by atoms with Gasteiger partial charge in [0.2, 0.25) is 0 Å². The minimum absolute atomic E-state index is 0.210. The van der Waals surface area contributed by atoms with Gasteiger partial charge in [-0.1, -0.05) is 137 Å².